The number of aromatic nitrogens is 2. The molecule has 9 heteroatoms. The van der Waals surface area contributed by atoms with Gasteiger partial charge in [-0.2, -0.15) is 0 Å². The molecule has 192 valence electrons. The SMILES string of the molecule is CCN1c2ncc(CCOc3ccc(/C=C/C(=O)O)c4ccccc34)cc2C(=O)N(C)c2ccc(Cl)nc21. The van der Waals surface area contributed by atoms with Gasteiger partial charge in [-0.25, -0.2) is 14.8 Å². The molecule has 2 aromatic carbocycles. The summed E-state index contributed by atoms with van der Waals surface area (Å²) in [4.78, 5) is 36.9. The fraction of sp³-hybridized carbons (Fsp3) is 0.172. The standard InChI is InChI=1S/C29H25ClN4O4/c1-3-34-27-22(29(37)33(2)23-10-12-25(30)32-28(23)34)16-18(17-31-27)14-15-38-24-11-8-19(9-13-26(35)36)20-6-4-5-7-21(20)24/h4-13,16-17H,3,14-15H2,1-2H3,(H,35,36)/b13-9+. The van der Waals surface area contributed by atoms with E-state index in [1.54, 1.807) is 36.4 Å². The maximum absolute atomic E-state index is 13.4. The molecule has 0 unspecified atom stereocenters. The lowest BCUT2D eigenvalue weighted by Gasteiger charge is -2.23. The first-order valence-corrected chi connectivity index (χ1v) is 12.5. The fourth-order valence-corrected chi connectivity index (χ4v) is 4.73. The zero-order chi connectivity index (χ0) is 26.8. The number of carboxylic acid groups (broad SMARTS) is 1. The van der Waals surface area contributed by atoms with Gasteiger partial charge in [-0.05, 0) is 53.8 Å². The van der Waals surface area contributed by atoms with Gasteiger partial charge in [-0.3, -0.25) is 4.79 Å². The number of rotatable bonds is 7. The van der Waals surface area contributed by atoms with Gasteiger partial charge in [0.2, 0.25) is 0 Å². The lowest BCUT2D eigenvalue weighted by molar-refractivity contribution is -0.131. The summed E-state index contributed by atoms with van der Waals surface area (Å²) in [5, 5.41) is 11.1. The van der Waals surface area contributed by atoms with Crippen molar-refractivity contribution in [1.82, 2.24) is 9.97 Å². The summed E-state index contributed by atoms with van der Waals surface area (Å²) in [5.41, 5.74) is 2.81. The molecule has 8 nitrogen and oxygen atoms in total. The van der Waals surface area contributed by atoms with Crippen LogP contribution < -0.4 is 14.5 Å². The Morgan fingerprint density at radius 3 is 2.66 bits per heavy atom. The summed E-state index contributed by atoms with van der Waals surface area (Å²) >= 11 is 6.17. The first-order chi connectivity index (χ1) is 18.4. The molecule has 38 heavy (non-hydrogen) atoms. The topological polar surface area (TPSA) is 95.9 Å². The highest BCUT2D eigenvalue weighted by Crippen LogP contribution is 2.38. The van der Waals surface area contributed by atoms with E-state index in [4.69, 9.17) is 21.4 Å². The number of carboxylic acids is 1. The van der Waals surface area contributed by atoms with Crippen LogP contribution in [0.15, 0.2) is 66.9 Å². The molecule has 4 aromatic rings. The molecule has 3 heterocycles. The van der Waals surface area contributed by atoms with Crippen molar-refractivity contribution in [3.63, 3.8) is 0 Å². The molecule has 0 saturated heterocycles. The van der Waals surface area contributed by atoms with Crippen molar-refractivity contribution in [2.75, 3.05) is 30.0 Å². The predicted molar refractivity (Wildman–Crippen MR) is 149 cm³/mol. The molecular weight excluding hydrogens is 504 g/mol. The van der Waals surface area contributed by atoms with Gasteiger partial charge in [-0.1, -0.05) is 41.9 Å². The summed E-state index contributed by atoms with van der Waals surface area (Å²) in [5.74, 6) is 0.652. The largest absolute Gasteiger partial charge is 0.493 e. The average molecular weight is 529 g/mol. The summed E-state index contributed by atoms with van der Waals surface area (Å²) in [7, 11) is 1.72. The fourth-order valence-electron chi connectivity index (χ4n) is 4.58. The minimum absolute atomic E-state index is 0.174. The van der Waals surface area contributed by atoms with Crippen LogP contribution in [0, 0.1) is 0 Å². The molecule has 1 amide bonds. The molecule has 1 aliphatic heterocycles. The molecule has 1 N–H and O–H groups in total. The Morgan fingerprint density at radius 1 is 1.11 bits per heavy atom. The van der Waals surface area contributed by atoms with E-state index in [-0.39, 0.29) is 5.91 Å². The molecule has 0 aliphatic carbocycles. The summed E-state index contributed by atoms with van der Waals surface area (Å²) in [6.07, 6.45) is 4.99. The first kappa shape index (κ1) is 25.2. The van der Waals surface area contributed by atoms with Crippen molar-refractivity contribution < 1.29 is 19.4 Å². The lowest BCUT2D eigenvalue weighted by atomic mass is 10.0. The van der Waals surface area contributed by atoms with E-state index in [0.717, 1.165) is 28.0 Å². The number of pyridine rings is 2. The van der Waals surface area contributed by atoms with Crippen molar-refractivity contribution >= 4 is 57.6 Å². The maximum Gasteiger partial charge on any atom is 0.328 e. The Morgan fingerprint density at radius 2 is 1.89 bits per heavy atom. The number of nitrogens with zero attached hydrogens (tertiary/aromatic N) is 4. The number of ether oxygens (including phenoxy) is 1. The molecule has 1 aliphatic rings. The number of carbonyl (C=O) groups excluding carboxylic acids is 1. The number of fused-ring (bicyclic) bond motifs is 3. The highest BCUT2D eigenvalue weighted by molar-refractivity contribution is 6.29. The van der Waals surface area contributed by atoms with Gasteiger partial charge in [0.05, 0.1) is 17.9 Å². The Bertz CT molecular complexity index is 1590. The summed E-state index contributed by atoms with van der Waals surface area (Å²) in [6.45, 7) is 2.91. The normalized spacial score (nSPS) is 13.0. The molecule has 0 bridgehead atoms. The van der Waals surface area contributed by atoms with Gasteiger partial charge in [0.1, 0.15) is 16.7 Å². The van der Waals surface area contributed by atoms with Crippen LogP contribution in [0.3, 0.4) is 0 Å². The highest BCUT2D eigenvalue weighted by Gasteiger charge is 2.31. The van der Waals surface area contributed by atoms with Crippen LogP contribution in [-0.4, -0.2) is 47.2 Å². The predicted octanol–water partition coefficient (Wildman–Crippen LogP) is 5.75. The minimum atomic E-state index is -1.00. The van der Waals surface area contributed by atoms with E-state index in [9.17, 15) is 9.59 Å². The van der Waals surface area contributed by atoms with Crippen LogP contribution in [0.25, 0.3) is 16.8 Å². The molecule has 5 rings (SSSR count). The smallest absolute Gasteiger partial charge is 0.328 e. The Balaban J connectivity index is 1.39. The van der Waals surface area contributed by atoms with Gasteiger partial charge < -0.3 is 19.6 Å². The minimum Gasteiger partial charge on any atom is -0.493 e. The van der Waals surface area contributed by atoms with Crippen LogP contribution >= 0.6 is 11.6 Å². The van der Waals surface area contributed by atoms with Gasteiger partial charge >= 0.3 is 5.97 Å². The maximum atomic E-state index is 13.4. The first-order valence-electron chi connectivity index (χ1n) is 12.1. The van der Waals surface area contributed by atoms with E-state index in [2.05, 4.69) is 9.97 Å². The Kier molecular flexibility index (Phi) is 6.98. The van der Waals surface area contributed by atoms with Crippen molar-refractivity contribution in [3.8, 4) is 5.75 Å². The number of carbonyl (C=O) groups is 2. The summed E-state index contributed by atoms with van der Waals surface area (Å²) in [6, 6.07) is 16.7. The van der Waals surface area contributed by atoms with Gasteiger partial charge in [-0.15, -0.1) is 0 Å². The second-order valence-electron chi connectivity index (χ2n) is 8.77. The number of amides is 1. The molecular formula is C29H25ClN4O4. The number of aliphatic carboxylic acids is 1. The van der Waals surface area contributed by atoms with Crippen LogP contribution in [0.1, 0.15) is 28.4 Å². The number of benzene rings is 2. The second kappa shape index (κ2) is 10.5. The molecule has 0 saturated carbocycles. The van der Waals surface area contributed by atoms with E-state index >= 15 is 0 Å². The zero-order valence-corrected chi connectivity index (χ0v) is 21.6. The molecule has 2 aromatic heterocycles. The monoisotopic (exact) mass is 528 g/mol. The molecule has 0 radical (unpaired) electrons. The number of hydrogen-bond acceptors (Lipinski definition) is 6. The third-order valence-corrected chi connectivity index (χ3v) is 6.65. The van der Waals surface area contributed by atoms with Crippen LogP contribution in [0.4, 0.5) is 17.3 Å². The van der Waals surface area contributed by atoms with E-state index < -0.39 is 5.97 Å². The van der Waals surface area contributed by atoms with E-state index in [1.807, 2.05) is 54.3 Å². The van der Waals surface area contributed by atoms with E-state index in [1.165, 1.54) is 0 Å². The molecule has 0 fully saturated rings. The van der Waals surface area contributed by atoms with Gasteiger partial charge in [0.15, 0.2) is 5.82 Å². The quantitative estimate of drug-likeness (QED) is 0.241. The van der Waals surface area contributed by atoms with Gasteiger partial charge in [0, 0.05) is 37.7 Å². The molecule has 0 atom stereocenters. The second-order valence-corrected chi connectivity index (χ2v) is 9.16. The van der Waals surface area contributed by atoms with Crippen LogP contribution in [0.5, 0.6) is 5.75 Å². The Labute approximate surface area is 224 Å². The number of anilines is 3. The van der Waals surface area contributed by atoms with Crippen molar-refractivity contribution in [3.05, 3.63) is 88.7 Å². The third kappa shape index (κ3) is 4.78. The number of hydrogen-bond donors (Lipinski definition) is 1. The van der Waals surface area contributed by atoms with Crippen molar-refractivity contribution in [2.45, 2.75) is 13.3 Å². The van der Waals surface area contributed by atoms with Gasteiger partial charge in [0.25, 0.3) is 5.91 Å². The zero-order valence-electron chi connectivity index (χ0n) is 20.9. The van der Waals surface area contributed by atoms with E-state index in [0.29, 0.717) is 53.4 Å². The molecule has 0 spiro atoms. The Hall–Kier alpha value is -4.43. The third-order valence-electron chi connectivity index (χ3n) is 6.44. The van der Waals surface area contributed by atoms with Crippen molar-refractivity contribution in [2.24, 2.45) is 0 Å². The van der Waals surface area contributed by atoms with Crippen LogP contribution in [0.2, 0.25) is 5.15 Å². The average Bonchev–Trinajstić information content (AvgIpc) is 3.00. The van der Waals surface area contributed by atoms with Crippen molar-refractivity contribution in [1.29, 1.82) is 0 Å². The number of halogens is 1. The summed E-state index contributed by atoms with van der Waals surface area (Å²) < 4.78 is 6.13. The van der Waals surface area contributed by atoms with Crippen LogP contribution in [-0.2, 0) is 11.2 Å². The lowest BCUT2D eigenvalue weighted by Crippen LogP contribution is -2.25. The highest BCUT2D eigenvalue weighted by atomic mass is 35.5.